The molecule has 2 heterocycles. The predicted octanol–water partition coefficient (Wildman–Crippen LogP) is 6.13. The molecule has 7 nitrogen and oxygen atoms in total. The van der Waals surface area contributed by atoms with Crippen LogP contribution in [-0.4, -0.2) is 71.2 Å². The highest BCUT2D eigenvalue weighted by Crippen LogP contribution is 2.46. The fourth-order valence-electron chi connectivity index (χ4n) is 5.71. The van der Waals surface area contributed by atoms with Crippen LogP contribution >= 0.6 is 0 Å². The van der Waals surface area contributed by atoms with Gasteiger partial charge in [-0.05, 0) is 55.9 Å². The molecule has 2 aliphatic heterocycles. The van der Waals surface area contributed by atoms with E-state index < -0.39 is 24.2 Å². The Labute approximate surface area is 242 Å². The lowest BCUT2D eigenvalue weighted by Gasteiger charge is -2.45. The molecule has 0 bridgehead atoms. The third kappa shape index (κ3) is 7.42. The Bertz CT molecular complexity index is 1180. The van der Waals surface area contributed by atoms with Crippen LogP contribution in [0.25, 0.3) is 0 Å². The van der Waals surface area contributed by atoms with Crippen molar-refractivity contribution in [3.8, 4) is 0 Å². The van der Waals surface area contributed by atoms with Crippen LogP contribution in [0.15, 0.2) is 60.7 Å². The Morgan fingerprint density at radius 1 is 1.00 bits per heavy atom. The van der Waals surface area contributed by atoms with Gasteiger partial charge in [-0.1, -0.05) is 81.4 Å². The maximum Gasteiger partial charge on any atom is 0.264 e. The van der Waals surface area contributed by atoms with Gasteiger partial charge in [0, 0.05) is 6.54 Å². The van der Waals surface area contributed by atoms with Gasteiger partial charge >= 0.3 is 0 Å². The summed E-state index contributed by atoms with van der Waals surface area (Å²) in [5.41, 5.74) is 2.40. The fourth-order valence-corrected chi connectivity index (χ4v) is 7.50. The molecule has 0 spiro atoms. The summed E-state index contributed by atoms with van der Waals surface area (Å²) in [4.78, 5) is 2.50. The standard InChI is InChI=1S/C31H47NO6SSi/c1-30(2,3)40(7,8)38-25(20-15-21-35-39(6,33)34)28-29-26(36-31(4,5)37-29)22-32(28)27(23-16-11-9-12-17-23)24-18-13-10-14-19-24/h9-14,16-19,25-29H,15,20-22H2,1-8H3/t25-,26+,28+,29+/m0/s1. The second kappa shape index (κ2) is 12.0. The Morgan fingerprint density at radius 3 is 2.05 bits per heavy atom. The molecule has 4 rings (SSSR count). The van der Waals surface area contributed by atoms with Crippen LogP contribution in [0.1, 0.15) is 64.6 Å². The van der Waals surface area contributed by atoms with Crippen molar-refractivity contribution < 1.29 is 26.5 Å². The van der Waals surface area contributed by atoms with Crippen molar-refractivity contribution in [1.82, 2.24) is 4.90 Å². The zero-order valence-corrected chi connectivity index (χ0v) is 27.1. The van der Waals surface area contributed by atoms with E-state index in [1.807, 2.05) is 26.0 Å². The molecule has 2 saturated heterocycles. The zero-order chi connectivity index (χ0) is 29.3. The summed E-state index contributed by atoms with van der Waals surface area (Å²) in [6.45, 7) is 16.0. The van der Waals surface area contributed by atoms with Crippen LogP contribution in [-0.2, 0) is 28.2 Å². The largest absolute Gasteiger partial charge is 0.412 e. The van der Waals surface area contributed by atoms with Gasteiger partial charge < -0.3 is 13.9 Å². The first-order valence-electron chi connectivity index (χ1n) is 14.3. The summed E-state index contributed by atoms with van der Waals surface area (Å²) < 4.78 is 48.8. The molecule has 0 N–H and O–H groups in total. The average molecular weight is 590 g/mol. The highest BCUT2D eigenvalue weighted by atomic mass is 32.2. The van der Waals surface area contributed by atoms with E-state index in [4.69, 9.17) is 18.1 Å². The molecule has 2 aromatic carbocycles. The van der Waals surface area contributed by atoms with Gasteiger partial charge in [0.25, 0.3) is 10.1 Å². The minimum Gasteiger partial charge on any atom is -0.412 e. The van der Waals surface area contributed by atoms with Gasteiger partial charge in [-0.2, -0.15) is 8.42 Å². The molecular formula is C31H47NO6SSi. The Balaban J connectivity index is 1.77. The van der Waals surface area contributed by atoms with Crippen LogP contribution in [0.3, 0.4) is 0 Å². The van der Waals surface area contributed by atoms with Gasteiger partial charge in [-0.15, -0.1) is 0 Å². The van der Waals surface area contributed by atoms with E-state index in [2.05, 4.69) is 87.3 Å². The number of benzene rings is 2. The van der Waals surface area contributed by atoms with Crippen LogP contribution in [0.2, 0.25) is 18.1 Å². The highest BCUT2D eigenvalue weighted by Gasteiger charge is 2.57. The second-order valence-corrected chi connectivity index (χ2v) is 19.5. The first kappa shape index (κ1) is 31.3. The van der Waals surface area contributed by atoms with Gasteiger partial charge in [0.2, 0.25) is 0 Å². The van der Waals surface area contributed by atoms with E-state index in [9.17, 15) is 8.42 Å². The first-order chi connectivity index (χ1) is 18.6. The van der Waals surface area contributed by atoms with Gasteiger partial charge in [-0.3, -0.25) is 9.08 Å². The molecule has 2 aromatic rings. The number of nitrogens with zero attached hydrogens (tertiary/aromatic N) is 1. The van der Waals surface area contributed by atoms with Crippen LogP contribution < -0.4 is 0 Å². The van der Waals surface area contributed by atoms with Crippen LogP contribution in [0, 0.1) is 0 Å². The molecular weight excluding hydrogens is 542 g/mol. The summed E-state index contributed by atoms with van der Waals surface area (Å²) in [7, 11) is -5.73. The molecule has 4 atom stereocenters. The van der Waals surface area contributed by atoms with E-state index in [0.717, 1.165) is 6.26 Å². The molecule has 0 amide bonds. The SMILES string of the molecule is CC1(C)O[C@H]2[C@@H]([C@H](CCCOS(C)(=O)=O)O[Si](C)(C)C(C)(C)C)N(C(c3ccccc3)c3ccccc3)C[C@H]2O1. The number of likely N-dealkylation sites (tertiary alicyclic amines) is 1. The van der Waals surface area contributed by atoms with Crippen LogP contribution in [0.5, 0.6) is 0 Å². The molecule has 0 radical (unpaired) electrons. The maximum absolute atomic E-state index is 11.7. The van der Waals surface area contributed by atoms with E-state index in [-0.39, 0.29) is 42.0 Å². The summed E-state index contributed by atoms with van der Waals surface area (Å²) in [6.07, 6.45) is 1.80. The quantitative estimate of drug-likeness (QED) is 0.177. The highest BCUT2D eigenvalue weighted by molar-refractivity contribution is 7.85. The van der Waals surface area contributed by atoms with E-state index >= 15 is 0 Å². The normalized spacial score (nSPS) is 24.4. The minimum atomic E-state index is -3.51. The van der Waals surface area contributed by atoms with E-state index in [1.165, 1.54) is 11.1 Å². The van der Waals surface area contributed by atoms with Gasteiger partial charge in [0.1, 0.15) is 12.2 Å². The molecule has 2 aliphatic rings. The molecule has 2 fully saturated rings. The molecule has 222 valence electrons. The number of hydrogen-bond acceptors (Lipinski definition) is 7. The third-order valence-corrected chi connectivity index (χ3v) is 13.6. The Morgan fingerprint density at radius 2 is 1.55 bits per heavy atom. The monoisotopic (exact) mass is 589 g/mol. The Kier molecular flexibility index (Phi) is 9.37. The number of hydrogen-bond donors (Lipinski definition) is 0. The topological polar surface area (TPSA) is 74.3 Å². The average Bonchev–Trinajstić information content (AvgIpc) is 3.32. The number of rotatable bonds is 11. The summed E-state index contributed by atoms with van der Waals surface area (Å²) >= 11 is 0. The summed E-state index contributed by atoms with van der Waals surface area (Å²) in [6, 6.07) is 21.0. The second-order valence-electron chi connectivity index (χ2n) is 13.1. The maximum atomic E-state index is 11.7. The van der Waals surface area contributed by atoms with Crippen molar-refractivity contribution in [3.05, 3.63) is 71.8 Å². The van der Waals surface area contributed by atoms with Crippen molar-refractivity contribution in [2.45, 2.75) is 102 Å². The van der Waals surface area contributed by atoms with Gasteiger partial charge in [0.15, 0.2) is 14.1 Å². The lowest BCUT2D eigenvalue weighted by Crippen LogP contribution is -2.54. The van der Waals surface area contributed by atoms with E-state index in [0.29, 0.717) is 19.4 Å². The molecule has 0 aliphatic carbocycles. The number of ether oxygens (including phenoxy) is 2. The molecule has 40 heavy (non-hydrogen) atoms. The first-order valence-corrected chi connectivity index (χ1v) is 19.0. The minimum absolute atomic E-state index is 0.00189. The van der Waals surface area contributed by atoms with Crippen molar-refractivity contribution >= 4 is 18.4 Å². The molecule has 0 aromatic heterocycles. The van der Waals surface area contributed by atoms with Crippen LogP contribution in [0.4, 0.5) is 0 Å². The molecule has 0 unspecified atom stereocenters. The Hall–Kier alpha value is -1.59. The zero-order valence-electron chi connectivity index (χ0n) is 25.3. The lowest BCUT2D eigenvalue weighted by molar-refractivity contribution is -0.168. The van der Waals surface area contributed by atoms with Crippen molar-refractivity contribution in [3.63, 3.8) is 0 Å². The molecule has 9 heteroatoms. The van der Waals surface area contributed by atoms with Crippen molar-refractivity contribution in [2.24, 2.45) is 0 Å². The molecule has 0 saturated carbocycles. The van der Waals surface area contributed by atoms with Gasteiger partial charge in [-0.25, -0.2) is 0 Å². The fraction of sp³-hybridized carbons (Fsp3) is 0.613. The third-order valence-electron chi connectivity index (χ3n) is 8.46. The number of fused-ring (bicyclic) bond motifs is 1. The van der Waals surface area contributed by atoms with Crippen molar-refractivity contribution in [1.29, 1.82) is 0 Å². The lowest BCUT2D eigenvalue weighted by atomic mass is 9.94. The van der Waals surface area contributed by atoms with Crippen molar-refractivity contribution in [2.75, 3.05) is 19.4 Å². The summed E-state index contributed by atoms with van der Waals surface area (Å²) in [5, 5.41) is 0.00189. The predicted molar refractivity (Wildman–Crippen MR) is 161 cm³/mol. The van der Waals surface area contributed by atoms with E-state index in [1.54, 1.807) is 0 Å². The summed E-state index contributed by atoms with van der Waals surface area (Å²) in [5.74, 6) is -0.685. The smallest absolute Gasteiger partial charge is 0.264 e. The van der Waals surface area contributed by atoms with Gasteiger partial charge in [0.05, 0.1) is 31.1 Å².